The van der Waals surface area contributed by atoms with E-state index >= 15 is 0 Å². The average Bonchev–Trinajstić information content (AvgIpc) is 2.41. The number of aromatic nitrogens is 2. The zero-order chi connectivity index (χ0) is 15.6. The lowest BCUT2D eigenvalue weighted by Gasteiger charge is -2.13. The molecule has 0 unspecified atom stereocenters. The molecular weight excluding hydrogens is 311 g/mol. The van der Waals surface area contributed by atoms with Crippen LogP contribution in [-0.2, 0) is 4.84 Å². The molecule has 1 heterocycles. The predicted octanol–water partition coefficient (Wildman–Crippen LogP) is 3.33. The van der Waals surface area contributed by atoms with E-state index in [9.17, 15) is 0 Å². The van der Waals surface area contributed by atoms with E-state index in [1.54, 1.807) is 18.2 Å². The summed E-state index contributed by atoms with van der Waals surface area (Å²) in [7, 11) is 1.41. The Morgan fingerprint density at radius 2 is 1.62 bits per heavy atom. The Labute approximate surface area is 132 Å². The summed E-state index contributed by atoms with van der Waals surface area (Å²) >= 11 is 12.5. The van der Waals surface area contributed by atoms with Gasteiger partial charge in [-0.2, -0.15) is 0 Å². The molecule has 110 valence electrons. The van der Waals surface area contributed by atoms with E-state index in [1.807, 2.05) is 13.8 Å². The molecule has 0 saturated heterocycles. The van der Waals surface area contributed by atoms with Crippen LogP contribution in [0, 0.1) is 13.8 Å². The van der Waals surface area contributed by atoms with E-state index in [0.717, 1.165) is 5.56 Å². The molecular formula is C14H14Cl2N4O. The van der Waals surface area contributed by atoms with Crippen LogP contribution in [0.3, 0.4) is 0 Å². The molecule has 0 saturated carbocycles. The zero-order valence-electron chi connectivity index (χ0n) is 11.8. The van der Waals surface area contributed by atoms with Gasteiger partial charge in [0.1, 0.15) is 7.11 Å². The number of nitrogens with zero attached hydrogens (tertiary/aromatic N) is 3. The van der Waals surface area contributed by atoms with Crippen molar-refractivity contribution >= 4 is 29.0 Å². The summed E-state index contributed by atoms with van der Waals surface area (Å²) in [6.07, 6.45) is 0. The van der Waals surface area contributed by atoms with Gasteiger partial charge in [0.05, 0.1) is 10.0 Å². The van der Waals surface area contributed by atoms with Crippen molar-refractivity contribution in [2.75, 3.05) is 7.11 Å². The Bertz CT molecular complexity index is 673. The van der Waals surface area contributed by atoms with Crippen molar-refractivity contribution in [1.82, 2.24) is 9.97 Å². The first-order valence-electron chi connectivity index (χ1n) is 6.12. The Morgan fingerprint density at radius 1 is 1.10 bits per heavy atom. The minimum absolute atomic E-state index is 0.112. The van der Waals surface area contributed by atoms with Crippen molar-refractivity contribution in [2.45, 2.75) is 13.8 Å². The minimum atomic E-state index is 0.112. The zero-order valence-corrected chi connectivity index (χ0v) is 13.3. The lowest BCUT2D eigenvalue weighted by atomic mass is 10.0. The first kappa shape index (κ1) is 15.5. The Morgan fingerprint density at radius 3 is 2.10 bits per heavy atom. The number of nitrogens with two attached hydrogens (primary N) is 1. The van der Waals surface area contributed by atoms with Crippen LogP contribution < -0.4 is 5.73 Å². The summed E-state index contributed by atoms with van der Waals surface area (Å²) in [6, 6.07) is 5.34. The van der Waals surface area contributed by atoms with Gasteiger partial charge in [-0.25, -0.2) is 9.97 Å². The van der Waals surface area contributed by atoms with Gasteiger partial charge in [0, 0.05) is 22.5 Å². The molecule has 0 atom stereocenters. The molecule has 2 rings (SSSR count). The maximum Gasteiger partial charge on any atom is 0.208 e. The van der Waals surface area contributed by atoms with Crippen molar-refractivity contribution in [3.8, 4) is 11.1 Å². The van der Waals surface area contributed by atoms with Crippen LogP contribution in [0.25, 0.3) is 11.1 Å². The molecule has 0 aliphatic carbocycles. The molecule has 1 aromatic heterocycles. The smallest absolute Gasteiger partial charge is 0.208 e. The van der Waals surface area contributed by atoms with Gasteiger partial charge in [-0.1, -0.05) is 34.4 Å². The SMILES string of the molecule is CO/N=C(\N)c1nc(C)c(-c2c(Cl)cccc2Cl)c(C)n1. The summed E-state index contributed by atoms with van der Waals surface area (Å²) in [5, 5.41) is 4.72. The Hall–Kier alpha value is -1.85. The molecule has 2 N–H and O–H groups in total. The fourth-order valence-electron chi connectivity index (χ4n) is 2.07. The normalized spacial score (nSPS) is 11.6. The average molecular weight is 325 g/mol. The predicted molar refractivity (Wildman–Crippen MR) is 84.7 cm³/mol. The second-order valence-electron chi connectivity index (χ2n) is 4.35. The largest absolute Gasteiger partial charge is 0.397 e. The Kier molecular flexibility index (Phi) is 4.65. The van der Waals surface area contributed by atoms with Gasteiger partial charge in [0.15, 0.2) is 5.82 Å². The first-order chi connectivity index (χ1) is 9.95. The molecule has 2 aromatic rings. The van der Waals surface area contributed by atoms with Crippen LogP contribution in [0.15, 0.2) is 23.4 Å². The maximum absolute atomic E-state index is 6.25. The van der Waals surface area contributed by atoms with Crippen LogP contribution in [-0.4, -0.2) is 22.9 Å². The number of aryl methyl sites for hydroxylation is 2. The van der Waals surface area contributed by atoms with E-state index in [0.29, 0.717) is 32.8 Å². The molecule has 0 radical (unpaired) electrons. The fraction of sp³-hybridized carbons (Fsp3) is 0.214. The topological polar surface area (TPSA) is 73.4 Å². The van der Waals surface area contributed by atoms with Gasteiger partial charge < -0.3 is 10.6 Å². The molecule has 0 aliphatic heterocycles. The summed E-state index contributed by atoms with van der Waals surface area (Å²) in [5.74, 6) is 0.416. The second-order valence-corrected chi connectivity index (χ2v) is 5.16. The fourth-order valence-corrected chi connectivity index (χ4v) is 2.65. The standard InChI is InChI=1S/C14H14Cl2N4O/c1-7-11(12-9(15)5-4-6-10(12)16)8(2)19-14(18-7)13(17)20-21-3/h4-6H,1-3H3,(H2,17,20). The van der Waals surface area contributed by atoms with E-state index in [2.05, 4.69) is 20.0 Å². The molecule has 0 amide bonds. The summed E-state index contributed by atoms with van der Waals surface area (Å²) in [4.78, 5) is 13.3. The van der Waals surface area contributed by atoms with E-state index in [4.69, 9.17) is 28.9 Å². The number of benzene rings is 1. The van der Waals surface area contributed by atoms with Gasteiger partial charge in [0.2, 0.25) is 5.84 Å². The number of halogens is 2. The van der Waals surface area contributed by atoms with Crippen LogP contribution in [0.1, 0.15) is 17.2 Å². The second kappa shape index (κ2) is 6.28. The van der Waals surface area contributed by atoms with Crippen molar-refractivity contribution in [1.29, 1.82) is 0 Å². The number of hydrogen-bond acceptors (Lipinski definition) is 4. The number of amidine groups is 1. The quantitative estimate of drug-likeness (QED) is 0.534. The van der Waals surface area contributed by atoms with Gasteiger partial charge in [-0.15, -0.1) is 0 Å². The molecule has 0 aliphatic rings. The molecule has 5 nitrogen and oxygen atoms in total. The van der Waals surface area contributed by atoms with Crippen molar-refractivity contribution < 1.29 is 4.84 Å². The Balaban J connectivity index is 2.65. The van der Waals surface area contributed by atoms with Crippen molar-refractivity contribution in [3.63, 3.8) is 0 Å². The van der Waals surface area contributed by atoms with E-state index in [1.165, 1.54) is 7.11 Å². The highest BCUT2D eigenvalue weighted by Crippen LogP contribution is 2.37. The summed E-state index contributed by atoms with van der Waals surface area (Å²) in [5.41, 5.74) is 8.66. The molecule has 1 aromatic carbocycles. The van der Waals surface area contributed by atoms with Crippen LogP contribution in [0.4, 0.5) is 0 Å². The van der Waals surface area contributed by atoms with Crippen molar-refractivity contribution in [3.05, 3.63) is 45.5 Å². The third kappa shape index (κ3) is 3.09. The van der Waals surface area contributed by atoms with Gasteiger partial charge in [-0.3, -0.25) is 0 Å². The summed E-state index contributed by atoms with van der Waals surface area (Å²) < 4.78 is 0. The molecule has 0 spiro atoms. The van der Waals surface area contributed by atoms with Crippen LogP contribution >= 0.6 is 23.2 Å². The number of rotatable bonds is 3. The molecule has 21 heavy (non-hydrogen) atoms. The van der Waals surface area contributed by atoms with E-state index in [-0.39, 0.29) is 5.84 Å². The number of hydrogen-bond donors (Lipinski definition) is 1. The highest BCUT2D eigenvalue weighted by atomic mass is 35.5. The molecule has 0 fully saturated rings. The van der Waals surface area contributed by atoms with Gasteiger partial charge in [0.25, 0.3) is 0 Å². The van der Waals surface area contributed by atoms with E-state index < -0.39 is 0 Å². The number of oxime groups is 1. The monoisotopic (exact) mass is 324 g/mol. The molecule has 7 heteroatoms. The van der Waals surface area contributed by atoms with Crippen LogP contribution in [0.2, 0.25) is 10.0 Å². The lowest BCUT2D eigenvalue weighted by molar-refractivity contribution is 0.213. The van der Waals surface area contributed by atoms with Crippen LogP contribution in [0.5, 0.6) is 0 Å². The van der Waals surface area contributed by atoms with Gasteiger partial charge >= 0.3 is 0 Å². The third-order valence-electron chi connectivity index (χ3n) is 2.90. The lowest BCUT2D eigenvalue weighted by Crippen LogP contribution is -2.19. The minimum Gasteiger partial charge on any atom is -0.397 e. The first-order valence-corrected chi connectivity index (χ1v) is 6.88. The highest BCUT2D eigenvalue weighted by molar-refractivity contribution is 6.39. The van der Waals surface area contributed by atoms with Gasteiger partial charge in [-0.05, 0) is 26.0 Å². The van der Waals surface area contributed by atoms with Crippen molar-refractivity contribution in [2.24, 2.45) is 10.9 Å². The third-order valence-corrected chi connectivity index (χ3v) is 3.53. The summed E-state index contributed by atoms with van der Waals surface area (Å²) in [6.45, 7) is 3.68. The highest BCUT2D eigenvalue weighted by Gasteiger charge is 2.17. The molecule has 0 bridgehead atoms. The maximum atomic E-state index is 6.25.